The van der Waals surface area contributed by atoms with Gasteiger partial charge in [0.1, 0.15) is 0 Å². The van der Waals surface area contributed by atoms with Crippen molar-refractivity contribution in [2.75, 3.05) is 5.32 Å². The molecule has 29 heavy (non-hydrogen) atoms. The van der Waals surface area contributed by atoms with Crippen LogP contribution >= 0.6 is 23.1 Å². The molecule has 2 aromatic heterocycles. The average Bonchev–Trinajstić information content (AvgIpc) is 3.35. The SMILES string of the molecule is CCn1c(=O)n(CC)c2cc(Sc3ccccc3)c(NC(=O)c3cccs3)cc21. The molecule has 0 bridgehead atoms. The Kier molecular flexibility index (Phi) is 5.60. The number of aryl methyl sites for hydroxylation is 2. The van der Waals surface area contributed by atoms with E-state index in [-0.39, 0.29) is 11.6 Å². The molecule has 0 aliphatic carbocycles. The van der Waals surface area contributed by atoms with Crippen LogP contribution in [0.3, 0.4) is 0 Å². The van der Waals surface area contributed by atoms with E-state index in [0.717, 1.165) is 20.8 Å². The second-order valence-electron chi connectivity index (χ2n) is 6.45. The Labute approximate surface area is 177 Å². The third kappa shape index (κ3) is 3.75. The summed E-state index contributed by atoms with van der Waals surface area (Å²) < 4.78 is 3.52. The van der Waals surface area contributed by atoms with Crippen molar-refractivity contribution in [3.8, 4) is 0 Å². The van der Waals surface area contributed by atoms with Crippen molar-refractivity contribution in [1.29, 1.82) is 0 Å². The molecule has 0 unspecified atom stereocenters. The Morgan fingerprint density at radius 1 is 1.00 bits per heavy atom. The molecule has 7 heteroatoms. The quantitative estimate of drug-likeness (QED) is 0.457. The number of carbonyl (C=O) groups is 1. The van der Waals surface area contributed by atoms with Gasteiger partial charge in [-0.3, -0.25) is 13.9 Å². The molecule has 0 spiro atoms. The number of nitrogens with zero attached hydrogens (tertiary/aromatic N) is 2. The molecule has 2 heterocycles. The van der Waals surface area contributed by atoms with Gasteiger partial charge in [-0.2, -0.15) is 0 Å². The van der Waals surface area contributed by atoms with Crippen molar-refractivity contribution in [2.24, 2.45) is 0 Å². The maximum atomic E-state index is 12.8. The minimum absolute atomic E-state index is 0.0256. The van der Waals surface area contributed by atoms with E-state index < -0.39 is 0 Å². The van der Waals surface area contributed by atoms with Crippen LogP contribution in [0.4, 0.5) is 5.69 Å². The lowest BCUT2D eigenvalue weighted by Gasteiger charge is -2.12. The van der Waals surface area contributed by atoms with Gasteiger partial charge in [0.25, 0.3) is 5.91 Å². The number of hydrogen-bond donors (Lipinski definition) is 1. The number of thiophene rings is 1. The number of benzene rings is 2. The number of imidazole rings is 1. The highest BCUT2D eigenvalue weighted by Crippen LogP contribution is 2.36. The van der Waals surface area contributed by atoms with Crippen LogP contribution in [0.2, 0.25) is 0 Å². The van der Waals surface area contributed by atoms with Crippen molar-refractivity contribution in [3.05, 3.63) is 75.3 Å². The molecule has 5 nitrogen and oxygen atoms in total. The summed E-state index contributed by atoms with van der Waals surface area (Å²) >= 11 is 2.98. The zero-order chi connectivity index (χ0) is 20.4. The number of carbonyl (C=O) groups excluding carboxylic acids is 1. The molecule has 148 valence electrons. The lowest BCUT2D eigenvalue weighted by molar-refractivity contribution is 0.103. The third-order valence-corrected chi connectivity index (χ3v) is 6.65. The largest absolute Gasteiger partial charge is 0.329 e. The monoisotopic (exact) mass is 423 g/mol. The summed E-state index contributed by atoms with van der Waals surface area (Å²) in [7, 11) is 0. The van der Waals surface area contributed by atoms with Gasteiger partial charge in [0.15, 0.2) is 0 Å². The van der Waals surface area contributed by atoms with E-state index in [1.54, 1.807) is 27.0 Å². The molecule has 4 aromatic rings. The van der Waals surface area contributed by atoms with Crippen molar-refractivity contribution in [3.63, 3.8) is 0 Å². The summed E-state index contributed by atoms with van der Waals surface area (Å²) in [6.45, 7) is 5.10. The number of anilines is 1. The van der Waals surface area contributed by atoms with E-state index in [1.165, 1.54) is 11.3 Å². The van der Waals surface area contributed by atoms with Crippen LogP contribution in [0.5, 0.6) is 0 Å². The normalized spacial score (nSPS) is 11.1. The Bertz CT molecular complexity index is 1210. The molecule has 0 saturated heterocycles. The summed E-state index contributed by atoms with van der Waals surface area (Å²) in [5, 5.41) is 4.93. The zero-order valence-corrected chi connectivity index (χ0v) is 17.8. The van der Waals surface area contributed by atoms with Gasteiger partial charge in [0.2, 0.25) is 0 Å². The van der Waals surface area contributed by atoms with Crippen LogP contribution in [-0.2, 0) is 13.1 Å². The lowest BCUT2D eigenvalue weighted by Crippen LogP contribution is -2.23. The number of nitrogens with one attached hydrogen (secondary N) is 1. The van der Waals surface area contributed by atoms with Gasteiger partial charge in [0, 0.05) is 22.9 Å². The molecule has 4 rings (SSSR count). The number of rotatable bonds is 6. The van der Waals surface area contributed by atoms with E-state index in [2.05, 4.69) is 5.32 Å². The summed E-state index contributed by atoms with van der Waals surface area (Å²) in [4.78, 5) is 28.1. The second kappa shape index (κ2) is 8.31. The van der Waals surface area contributed by atoms with Crippen molar-refractivity contribution < 1.29 is 4.79 Å². The predicted octanol–water partition coefficient (Wildman–Crippen LogP) is 5.31. The van der Waals surface area contributed by atoms with E-state index in [9.17, 15) is 9.59 Å². The maximum Gasteiger partial charge on any atom is 0.329 e. The highest BCUT2D eigenvalue weighted by Gasteiger charge is 2.17. The van der Waals surface area contributed by atoms with Crippen molar-refractivity contribution in [1.82, 2.24) is 9.13 Å². The standard InChI is InChI=1S/C22H21N3O2S2/c1-3-24-17-13-16(23-21(26)19-11-8-12-28-19)20(29-15-9-6-5-7-10-15)14-18(17)25(4-2)22(24)27/h5-14H,3-4H2,1-2H3,(H,23,26). The van der Waals surface area contributed by atoms with Gasteiger partial charge in [-0.25, -0.2) is 4.79 Å². The number of amides is 1. The molecule has 0 atom stereocenters. The molecular weight excluding hydrogens is 402 g/mol. The summed E-state index contributed by atoms with van der Waals surface area (Å²) in [6, 6.07) is 17.6. The smallest absolute Gasteiger partial charge is 0.320 e. The van der Waals surface area contributed by atoms with Crippen LogP contribution in [0.1, 0.15) is 23.5 Å². The van der Waals surface area contributed by atoms with Gasteiger partial charge in [-0.05, 0) is 49.6 Å². The summed E-state index contributed by atoms with van der Waals surface area (Å²) in [6.07, 6.45) is 0. The van der Waals surface area contributed by atoms with Gasteiger partial charge in [-0.15, -0.1) is 11.3 Å². The fourth-order valence-corrected chi connectivity index (χ4v) is 4.90. The summed E-state index contributed by atoms with van der Waals surface area (Å²) in [5.74, 6) is -0.144. The van der Waals surface area contributed by atoms with Gasteiger partial charge in [-0.1, -0.05) is 36.0 Å². The highest BCUT2D eigenvalue weighted by molar-refractivity contribution is 7.99. The molecule has 0 saturated carbocycles. The summed E-state index contributed by atoms with van der Waals surface area (Å²) in [5.41, 5.74) is 2.40. The molecule has 1 N–H and O–H groups in total. The Morgan fingerprint density at radius 2 is 1.69 bits per heavy atom. The molecule has 1 amide bonds. The van der Waals surface area contributed by atoms with E-state index in [0.29, 0.717) is 23.7 Å². The van der Waals surface area contributed by atoms with Gasteiger partial charge < -0.3 is 5.32 Å². The molecule has 0 radical (unpaired) electrons. The number of fused-ring (bicyclic) bond motifs is 1. The van der Waals surface area contributed by atoms with E-state index in [1.807, 2.05) is 67.8 Å². The Hall–Kier alpha value is -2.77. The van der Waals surface area contributed by atoms with Gasteiger partial charge in [0.05, 0.1) is 21.6 Å². The van der Waals surface area contributed by atoms with Crippen LogP contribution in [0.15, 0.2) is 74.6 Å². The van der Waals surface area contributed by atoms with Crippen LogP contribution < -0.4 is 11.0 Å². The predicted molar refractivity (Wildman–Crippen MR) is 120 cm³/mol. The first-order chi connectivity index (χ1) is 14.1. The Morgan fingerprint density at radius 3 is 2.31 bits per heavy atom. The molecular formula is C22H21N3O2S2. The first kappa shape index (κ1) is 19.5. The van der Waals surface area contributed by atoms with E-state index in [4.69, 9.17) is 0 Å². The first-order valence-corrected chi connectivity index (χ1v) is 11.2. The number of hydrogen-bond acceptors (Lipinski definition) is 4. The third-order valence-electron chi connectivity index (χ3n) is 4.72. The van der Waals surface area contributed by atoms with Crippen LogP contribution in [0.25, 0.3) is 11.0 Å². The molecule has 0 aliphatic heterocycles. The van der Waals surface area contributed by atoms with Crippen molar-refractivity contribution >= 4 is 45.7 Å². The number of aromatic nitrogens is 2. The average molecular weight is 424 g/mol. The minimum Gasteiger partial charge on any atom is -0.320 e. The van der Waals surface area contributed by atoms with Crippen molar-refractivity contribution in [2.45, 2.75) is 36.7 Å². The first-order valence-electron chi connectivity index (χ1n) is 9.47. The fraction of sp³-hybridized carbons (Fsp3) is 0.182. The van der Waals surface area contributed by atoms with Crippen LogP contribution in [0, 0.1) is 0 Å². The topological polar surface area (TPSA) is 56.0 Å². The fourth-order valence-electron chi connectivity index (χ4n) is 3.34. The van der Waals surface area contributed by atoms with Crippen LogP contribution in [-0.4, -0.2) is 15.0 Å². The molecule has 2 aromatic carbocycles. The zero-order valence-electron chi connectivity index (χ0n) is 16.2. The molecule has 0 fully saturated rings. The second-order valence-corrected chi connectivity index (χ2v) is 8.52. The maximum absolute atomic E-state index is 12.8. The highest BCUT2D eigenvalue weighted by atomic mass is 32.2. The molecule has 0 aliphatic rings. The lowest BCUT2D eigenvalue weighted by atomic mass is 10.2. The minimum atomic E-state index is -0.144. The van der Waals surface area contributed by atoms with Gasteiger partial charge >= 0.3 is 5.69 Å². The van der Waals surface area contributed by atoms with E-state index >= 15 is 0 Å². The Balaban J connectivity index is 1.86.